The third-order valence-corrected chi connectivity index (χ3v) is 7.28. The first-order chi connectivity index (χ1) is 13.3. The number of nitrogens with one attached hydrogen (secondary N) is 1. The van der Waals surface area contributed by atoms with Gasteiger partial charge < -0.3 is 5.32 Å². The summed E-state index contributed by atoms with van der Waals surface area (Å²) in [5.41, 5.74) is 1.27. The maximum Gasteiger partial charge on any atom is 0.263 e. The molecular formula is C19H18ClN3O3S2. The van der Waals surface area contributed by atoms with E-state index in [1.165, 1.54) is 37.7 Å². The van der Waals surface area contributed by atoms with Crippen LogP contribution in [0.2, 0.25) is 5.02 Å². The molecule has 0 aliphatic carbocycles. The van der Waals surface area contributed by atoms with Gasteiger partial charge in [-0.25, -0.2) is 17.7 Å². The van der Waals surface area contributed by atoms with Crippen molar-refractivity contribution < 1.29 is 13.2 Å². The summed E-state index contributed by atoms with van der Waals surface area (Å²) in [5, 5.41) is 3.97. The number of carbonyl (C=O) groups excluding carboxylic acids is 1. The molecule has 0 unspecified atom stereocenters. The third-order valence-electron chi connectivity index (χ3n) is 4.00. The molecule has 0 fully saturated rings. The van der Waals surface area contributed by atoms with Crippen molar-refractivity contribution in [1.82, 2.24) is 14.6 Å². The third kappa shape index (κ3) is 4.25. The number of amides is 1. The van der Waals surface area contributed by atoms with Gasteiger partial charge in [0.05, 0.1) is 16.1 Å². The van der Waals surface area contributed by atoms with Crippen LogP contribution >= 0.6 is 22.9 Å². The van der Waals surface area contributed by atoms with Gasteiger partial charge in [-0.3, -0.25) is 4.79 Å². The van der Waals surface area contributed by atoms with Gasteiger partial charge in [0.25, 0.3) is 5.91 Å². The highest BCUT2D eigenvalue weighted by Gasteiger charge is 2.21. The van der Waals surface area contributed by atoms with E-state index in [9.17, 15) is 13.2 Å². The first-order valence-electron chi connectivity index (χ1n) is 8.30. The average molecular weight is 436 g/mol. The Hall–Kier alpha value is -2.26. The van der Waals surface area contributed by atoms with Crippen molar-refractivity contribution in [3.8, 4) is 10.6 Å². The molecule has 2 aromatic carbocycles. The molecule has 0 spiro atoms. The molecule has 1 amide bonds. The highest BCUT2D eigenvalue weighted by Crippen LogP contribution is 2.31. The molecule has 0 atom stereocenters. The lowest BCUT2D eigenvalue weighted by Gasteiger charge is -2.15. The van der Waals surface area contributed by atoms with Crippen molar-refractivity contribution in [2.45, 2.75) is 11.4 Å². The topological polar surface area (TPSA) is 79.4 Å². The summed E-state index contributed by atoms with van der Waals surface area (Å²) < 4.78 is 26.1. The number of rotatable bonds is 6. The van der Waals surface area contributed by atoms with E-state index in [4.69, 9.17) is 11.6 Å². The first-order valence-corrected chi connectivity index (χ1v) is 10.9. The smallest absolute Gasteiger partial charge is 0.263 e. The predicted octanol–water partition coefficient (Wildman–Crippen LogP) is 3.64. The largest absolute Gasteiger partial charge is 0.347 e. The minimum Gasteiger partial charge on any atom is -0.347 e. The minimum atomic E-state index is -3.60. The highest BCUT2D eigenvalue weighted by molar-refractivity contribution is 7.89. The van der Waals surface area contributed by atoms with E-state index in [0.29, 0.717) is 20.5 Å². The molecule has 3 aromatic rings. The van der Waals surface area contributed by atoms with E-state index in [0.717, 1.165) is 9.87 Å². The van der Waals surface area contributed by atoms with Crippen molar-refractivity contribution in [3.05, 3.63) is 70.2 Å². The molecular weight excluding hydrogens is 418 g/mol. The summed E-state index contributed by atoms with van der Waals surface area (Å²) >= 11 is 7.40. The average Bonchev–Trinajstić information content (AvgIpc) is 3.16. The predicted molar refractivity (Wildman–Crippen MR) is 111 cm³/mol. The van der Waals surface area contributed by atoms with Crippen molar-refractivity contribution in [3.63, 3.8) is 0 Å². The Balaban J connectivity index is 1.77. The van der Waals surface area contributed by atoms with E-state index in [2.05, 4.69) is 10.3 Å². The summed E-state index contributed by atoms with van der Waals surface area (Å²) in [5.74, 6) is -0.326. The van der Waals surface area contributed by atoms with Crippen LogP contribution in [0.15, 0.2) is 59.6 Å². The summed E-state index contributed by atoms with van der Waals surface area (Å²) in [6.45, 7) is 0.0847. The number of carbonyl (C=O) groups is 1. The molecule has 1 N–H and O–H groups in total. The normalized spacial score (nSPS) is 11.6. The highest BCUT2D eigenvalue weighted by atomic mass is 35.5. The fourth-order valence-electron chi connectivity index (χ4n) is 2.50. The van der Waals surface area contributed by atoms with Crippen molar-refractivity contribution in [2.75, 3.05) is 14.1 Å². The SMILES string of the molecule is CN(C)S(=O)(=O)c1ccccc1CNC(=O)c1cnc(-c2ccccc2Cl)s1. The Bertz CT molecular complexity index is 1110. The number of aromatic nitrogens is 1. The molecule has 1 aromatic heterocycles. The van der Waals surface area contributed by atoms with Crippen LogP contribution in [0.25, 0.3) is 10.6 Å². The van der Waals surface area contributed by atoms with Crippen LogP contribution in [0.5, 0.6) is 0 Å². The molecule has 146 valence electrons. The standard InChI is InChI=1S/C19H18ClN3O3S2/c1-23(2)28(25,26)17-10-6-3-7-13(17)11-21-18(24)16-12-22-19(27-16)14-8-4-5-9-15(14)20/h3-10,12H,11H2,1-2H3,(H,21,24). The summed E-state index contributed by atoms with van der Waals surface area (Å²) in [6, 6.07) is 13.9. The summed E-state index contributed by atoms with van der Waals surface area (Å²) in [7, 11) is -0.658. The van der Waals surface area contributed by atoms with Crippen molar-refractivity contribution >= 4 is 38.9 Å². The molecule has 1 heterocycles. The van der Waals surface area contributed by atoms with Crippen LogP contribution < -0.4 is 5.32 Å². The number of benzene rings is 2. The van der Waals surface area contributed by atoms with Crippen molar-refractivity contribution in [1.29, 1.82) is 0 Å². The number of hydrogen-bond donors (Lipinski definition) is 1. The lowest BCUT2D eigenvalue weighted by atomic mass is 10.2. The number of thiazole rings is 1. The van der Waals surface area contributed by atoms with Gasteiger partial charge in [0.2, 0.25) is 10.0 Å². The van der Waals surface area contributed by atoms with Crippen LogP contribution in [0.4, 0.5) is 0 Å². The van der Waals surface area contributed by atoms with E-state index in [-0.39, 0.29) is 17.3 Å². The van der Waals surface area contributed by atoms with Crippen LogP contribution in [0, 0.1) is 0 Å². The molecule has 6 nitrogen and oxygen atoms in total. The van der Waals surface area contributed by atoms with Gasteiger partial charge in [0.15, 0.2) is 0 Å². The second-order valence-corrected chi connectivity index (χ2v) is 9.65. The summed E-state index contributed by atoms with van der Waals surface area (Å²) in [6.07, 6.45) is 1.49. The second kappa shape index (κ2) is 8.40. The fourth-order valence-corrected chi connectivity index (χ4v) is 4.77. The molecule has 0 radical (unpaired) electrons. The first kappa shape index (κ1) is 20.5. The summed E-state index contributed by atoms with van der Waals surface area (Å²) in [4.78, 5) is 17.4. The Morgan fingerprint density at radius 2 is 1.82 bits per heavy atom. The monoisotopic (exact) mass is 435 g/mol. The molecule has 0 saturated carbocycles. The van der Waals surface area contributed by atoms with E-state index >= 15 is 0 Å². The fraction of sp³-hybridized carbons (Fsp3) is 0.158. The van der Waals surface area contributed by atoms with E-state index in [1.807, 2.05) is 18.2 Å². The van der Waals surface area contributed by atoms with Gasteiger partial charge in [-0.05, 0) is 17.7 Å². The Kier molecular flexibility index (Phi) is 6.14. The Morgan fingerprint density at radius 1 is 1.14 bits per heavy atom. The van der Waals surface area contributed by atoms with Crippen LogP contribution in [0.3, 0.4) is 0 Å². The van der Waals surface area contributed by atoms with Gasteiger partial charge in [0.1, 0.15) is 9.88 Å². The van der Waals surface area contributed by atoms with Gasteiger partial charge in [-0.15, -0.1) is 11.3 Å². The van der Waals surface area contributed by atoms with Gasteiger partial charge >= 0.3 is 0 Å². The minimum absolute atomic E-state index is 0.0847. The molecule has 3 rings (SSSR count). The number of halogens is 1. The van der Waals surface area contributed by atoms with Crippen LogP contribution in [-0.4, -0.2) is 37.7 Å². The Labute approximate surface area is 172 Å². The zero-order valence-corrected chi connectivity index (χ0v) is 17.6. The number of hydrogen-bond acceptors (Lipinski definition) is 5. The van der Waals surface area contributed by atoms with Gasteiger partial charge in [0, 0.05) is 26.2 Å². The zero-order valence-electron chi connectivity index (χ0n) is 15.2. The van der Waals surface area contributed by atoms with Gasteiger partial charge in [-0.2, -0.15) is 0 Å². The Morgan fingerprint density at radius 3 is 2.54 bits per heavy atom. The number of sulfonamides is 1. The second-order valence-electron chi connectivity index (χ2n) is 6.09. The van der Waals surface area contributed by atoms with Crippen LogP contribution in [-0.2, 0) is 16.6 Å². The number of nitrogens with zero attached hydrogens (tertiary/aromatic N) is 2. The van der Waals surface area contributed by atoms with Gasteiger partial charge in [-0.1, -0.05) is 48.0 Å². The van der Waals surface area contributed by atoms with Crippen molar-refractivity contribution in [2.24, 2.45) is 0 Å². The zero-order chi connectivity index (χ0) is 20.3. The van der Waals surface area contributed by atoms with E-state index in [1.54, 1.807) is 24.3 Å². The molecule has 0 aliphatic heterocycles. The quantitative estimate of drug-likeness (QED) is 0.641. The lowest BCUT2D eigenvalue weighted by molar-refractivity contribution is 0.0954. The van der Waals surface area contributed by atoms with Crippen LogP contribution in [0.1, 0.15) is 15.2 Å². The molecule has 0 saturated heterocycles. The lowest BCUT2D eigenvalue weighted by Crippen LogP contribution is -2.26. The molecule has 28 heavy (non-hydrogen) atoms. The maximum atomic E-state index is 12.5. The maximum absolute atomic E-state index is 12.5. The van der Waals surface area contributed by atoms with E-state index < -0.39 is 10.0 Å². The molecule has 9 heteroatoms. The molecule has 0 aliphatic rings. The molecule has 0 bridgehead atoms.